The Morgan fingerprint density at radius 3 is 2.67 bits per heavy atom. The van der Waals surface area contributed by atoms with Gasteiger partial charge >= 0.3 is 0 Å². The molecule has 27 heavy (non-hydrogen) atoms. The molecule has 4 rings (SSSR count). The van der Waals surface area contributed by atoms with E-state index in [1.165, 1.54) is 6.33 Å². The summed E-state index contributed by atoms with van der Waals surface area (Å²) in [6.07, 6.45) is 1.50. The number of aromatic nitrogens is 3. The van der Waals surface area contributed by atoms with E-state index in [1.54, 1.807) is 6.20 Å². The Bertz CT molecular complexity index is 984. The van der Waals surface area contributed by atoms with Crippen LogP contribution in [0.3, 0.4) is 0 Å². The Labute approximate surface area is 160 Å². The minimum absolute atomic E-state index is 0.0953. The van der Waals surface area contributed by atoms with Crippen molar-refractivity contribution in [2.24, 2.45) is 17.6 Å². The van der Waals surface area contributed by atoms with Gasteiger partial charge in [-0.2, -0.15) is 12.7 Å². The predicted octanol–water partition coefficient (Wildman–Crippen LogP) is 1.36. The monoisotopic (exact) mass is 420 g/mol. The lowest BCUT2D eigenvalue weighted by Crippen LogP contribution is -2.68. The molecule has 1 aliphatic carbocycles. The summed E-state index contributed by atoms with van der Waals surface area (Å²) in [5, 5.41) is 5.66. The number of alkyl halides is 2. The summed E-state index contributed by atoms with van der Waals surface area (Å²) in [6.45, 7) is 0.481. The van der Waals surface area contributed by atoms with E-state index in [1.807, 2.05) is 11.6 Å². The van der Waals surface area contributed by atoms with Gasteiger partial charge in [0, 0.05) is 37.8 Å². The summed E-state index contributed by atoms with van der Waals surface area (Å²) in [5.41, 5.74) is 1.41. The van der Waals surface area contributed by atoms with E-state index in [-0.39, 0.29) is 5.41 Å². The van der Waals surface area contributed by atoms with Gasteiger partial charge in [0.15, 0.2) is 5.82 Å². The second-order valence-electron chi connectivity index (χ2n) is 7.41. The lowest BCUT2D eigenvalue weighted by Gasteiger charge is -2.60. The molecule has 2 N–H and O–H groups in total. The van der Waals surface area contributed by atoms with Crippen LogP contribution in [0.15, 0.2) is 12.5 Å². The zero-order chi connectivity index (χ0) is 19.6. The third-order valence-corrected chi connectivity index (χ3v) is 6.81. The molecule has 2 fully saturated rings. The Balaban J connectivity index is 1.47. The van der Waals surface area contributed by atoms with Gasteiger partial charge in [0.05, 0.1) is 11.6 Å². The molecule has 0 atom stereocenters. The summed E-state index contributed by atoms with van der Waals surface area (Å²) in [7, 11) is -2.29. The maximum Gasteiger partial charge on any atom is 0.277 e. The van der Waals surface area contributed by atoms with Gasteiger partial charge in [-0.3, -0.25) is 0 Å². The number of rotatable bonds is 5. The van der Waals surface area contributed by atoms with E-state index in [0.29, 0.717) is 36.5 Å². The molecule has 0 unspecified atom stereocenters. The van der Waals surface area contributed by atoms with Gasteiger partial charge in [0.25, 0.3) is 16.6 Å². The highest BCUT2D eigenvalue weighted by Crippen LogP contribution is 2.52. The number of aryl methyl sites for hydroxylation is 1. The molecule has 148 valence electrons. The summed E-state index contributed by atoms with van der Waals surface area (Å²) >= 11 is 6.18. The molecule has 0 radical (unpaired) electrons. The van der Waals surface area contributed by atoms with Crippen LogP contribution in [-0.4, -0.2) is 59.4 Å². The SMILES string of the molecule is Cn1cc(Cl)c2ncnc(N3CC4(CC(N(CC(F)F)S(N)(=O)=O)C4)C3)c21. The molecule has 8 nitrogen and oxygen atoms in total. The third kappa shape index (κ3) is 3.16. The maximum atomic E-state index is 12.7. The number of fused-ring (bicyclic) bond motifs is 1. The molecule has 0 bridgehead atoms. The number of anilines is 1. The molecule has 0 aromatic carbocycles. The fourth-order valence-electron chi connectivity index (χ4n) is 4.31. The summed E-state index contributed by atoms with van der Waals surface area (Å²) < 4.78 is 51.2. The minimum atomic E-state index is -4.15. The molecule has 1 spiro atoms. The quantitative estimate of drug-likeness (QED) is 0.787. The van der Waals surface area contributed by atoms with Gasteiger partial charge in [0.1, 0.15) is 17.4 Å². The maximum absolute atomic E-state index is 12.7. The van der Waals surface area contributed by atoms with Crippen molar-refractivity contribution in [3.63, 3.8) is 0 Å². The third-order valence-electron chi connectivity index (χ3n) is 5.43. The zero-order valence-electron chi connectivity index (χ0n) is 14.5. The van der Waals surface area contributed by atoms with Crippen LogP contribution in [0.5, 0.6) is 0 Å². The number of nitrogens with two attached hydrogens (primary N) is 1. The van der Waals surface area contributed by atoms with Crippen molar-refractivity contribution in [1.82, 2.24) is 18.8 Å². The van der Waals surface area contributed by atoms with Crippen molar-refractivity contribution >= 4 is 38.7 Å². The van der Waals surface area contributed by atoms with Crippen molar-refractivity contribution in [2.45, 2.75) is 25.3 Å². The van der Waals surface area contributed by atoms with Crippen molar-refractivity contribution in [1.29, 1.82) is 0 Å². The van der Waals surface area contributed by atoms with Crippen LogP contribution in [0.2, 0.25) is 5.02 Å². The highest BCUT2D eigenvalue weighted by atomic mass is 35.5. The number of hydrogen-bond donors (Lipinski definition) is 1. The van der Waals surface area contributed by atoms with E-state index in [2.05, 4.69) is 14.9 Å². The molecule has 12 heteroatoms. The highest BCUT2D eigenvalue weighted by molar-refractivity contribution is 7.86. The number of nitrogens with zero attached hydrogens (tertiary/aromatic N) is 5. The zero-order valence-corrected chi connectivity index (χ0v) is 16.1. The first-order chi connectivity index (χ1) is 12.6. The number of halogens is 3. The van der Waals surface area contributed by atoms with Crippen LogP contribution in [-0.2, 0) is 17.3 Å². The van der Waals surface area contributed by atoms with Gasteiger partial charge in [-0.25, -0.2) is 23.9 Å². The van der Waals surface area contributed by atoms with Gasteiger partial charge in [-0.05, 0) is 12.8 Å². The molecule has 1 saturated carbocycles. The Hall–Kier alpha value is -1.56. The molecule has 0 amide bonds. The van der Waals surface area contributed by atoms with E-state index in [9.17, 15) is 17.2 Å². The molecule has 2 aliphatic rings. The fourth-order valence-corrected chi connectivity index (χ4v) is 5.48. The molecule has 1 saturated heterocycles. The van der Waals surface area contributed by atoms with Crippen molar-refractivity contribution in [3.05, 3.63) is 17.5 Å². The lowest BCUT2D eigenvalue weighted by atomic mass is 9.60. The fraction of sp³-hybridized carbons (Fsp3) is 0.600. The van der Waals surface area contributed by atoms with Crippen molar-refractivity contribution in [3.8, 4) is 0 Å². The van der Waals surface area contributed by atoms with Crippen LogP contribution in [0.1, 0.15) is 12.8 Å². The molecule has 2 aromatic rings. The highest BCUT2D eigenvalue weighted by Gasteiger charge is 2.56. The Morgan fingerprint density at radius 1 is 1.41 bits per heavy atom. The van der Waals surface area contributed by atoms with E-state index >= 15 is 0 Å². The second-order valence-corrected chi connectivity index (χ2v) is 9.31. The van der Waals surface area contributed by atoms with Gasteiger partial charge < -0.3 is 9.47 Å². The van der Waals surface area contributed by atoms with Crippen LogP contribution in [0, 0.1) is 5.41 Å². The first-order valence-corrected chi connectivity index (χ1v) is 10.3. The first-order valence-electron chi connectivity index (χ1n) is 8.38. The normalized spacial score (nSPS) is 19.9. The smallest absolute Gasteiger partial charge is 0.277 e. The van der Waals surface area contributed by atoms with Crippen molar-refractivity contribution in [2.75, 3.05) is 24.5 Å². The molecule has 3 heterocycles. The predicted molar refractivity (Wildman–Crippen MR) is 97.0 cm³/mol. The van der Waals surface area contributed by atoms with Crippen molar-refractivity contribution < 1.29 is 17.2 Å². The summed E-state index contributed by atoms with van der Waals surface area (Å²) in [4.78, 5) is 10.7. The van der Waals surface area contributed by atoms with E-state index < -0.39 is 29.2 Å². The second kappa shape index (κ2) is 6.23. The Morgan fingerprint density at radius 2 is 2.07 bits per heavy atom. The van der Waals surface area contributed by atoms with Crippen LogP contribution in [0.4, 0.5) is 14.6 Å². The molecular weight excluding hydrogens is 402 g/mol. The topological polar surface area (TPSA) is 97.3 Å². The molecular formula is C15H19ClF2N6O2S. The summed E-state index contributed by atoms with van der Waals surface area (Å²) in [5.74, 6) is 0.763. The largest absolute Gasteiger partial charge is 0.354 e. The average Bonchev–Trinajstić information content (AvgIpc) is 2.77. The van der Waals surface area contributed by atoms with Gasteiger partial charge in [0.2, 0.25) is 0 Å². The van der Waals surface area contributed by atoms with Crippen LogP contribution < -0.4 is 10.0 Å². The van der Waals surface area contributed by atoms with Gasteiger partial charge in [-0.15, -0.1) is 0 Å². The van der Waals surface area contributed by atoms with Crippen LogP contribution >= 0.6 is 11.6 Å². The average molecular weight is 421 g/mol. The number of hydrogen-bond acceptors (Lipinski definition) is 5. The van der Waals surface area contributed by atoms with E-state index in [0.717, 1.165) is 15.6 Å². The summed E-state index contributed by atoms with van der Waals surface area (Å²) in [6, 6.07) is -0.481. The van der Waals surface area contributed by atoms with Crippen LogP contribution in [0.25, 0.3) is 11.0 Å². The standard InChI is InChI=1S/C15H19ClF2N6O2S/c1-22-4-10(16)12-13(22)14(21-8-20-12)23-6-15(7-23)2-9(3-15)24(5-11(17)18)27(19,25)26/h4,8-9,11H,2-3,5-7H2,1H3,(H2,19,25,26). The van der Waals surface area contributed by atoms with E-state index in [4.69, 9.17) is 16.7 Å². The Kier molecular flexibility index (Phi) is 4.33. The van der Waals surface area contributed by atoms with Gasteiger partial charge in [-0.1, -0.05) is 11.6 Å². The molecule has 1 aliphatic heterocycles. The minimum Gasteiger partial charge on any atom is -0.354 e. The first kappa shape index (κ1) is 18.8. The lowest BCUT2D eigenvalue weighted by molar-refractivity contribution is -0.00437. The molecule has 2 aromatic heterocycles.